The molecule has 7 rings (SSSR count). The number of rotatable bonds is 22. The van der Waals surface area contributed by atoms with Crippen LogP contribution in [0.2, 0.25) is 0 Å². The topological polar surface area (TPSA) is 195 Å². The maximum Gasteiger partial charge on any atom is 0.253 e. The molecule has 2 aliphatic heterocycles. The number of β-amino-alcohol motifs (C(OH)–C–C–N with tert-alkyl or cyclic N) is 1. The maximum atomic E-state index is 14.2. The van der Waals surface area contributed by atoms with E-state index in [4.69, 9.17) is 9.47 Å². The van der Waals surface area contributed by atoms with Crippen molar-refractivity contribution in [3.63, 3.8) is 0 Å². The molecule has 5 N–H and O–H groups in total. The quantitative estimate of drug-likeness (QED) is 0.0418. The van der Waals surface area contributed by atoms with Gasteiger partial charge in [0.1, 0.15) is 12.1 Å². The molecule has 15 nitrogen and oxygen atoms in total. The van der Waals surface area contributed by atoms with Gasteiger partial charge in [-0.15, -0.1) is 11.3 Å². The van der Waals surface area contributed by atoms with Crippen molar-refractivity contribution in [2.75, 3.05) is 44.4 Å². The summed E-state index contributed by atoms with van der Waals surface area (Å²) < 4.78 is 11.7. The van der Waals surface area contributed by atoms with Gasteiger partial charge in [0.05, 0.1) is 28.2 Å². The van der Waals surface area contributed by atoms with E-state index in [2.05, 4.69) is 68.1 Å². The summed E-state index contributed by atoms with van der Waals surface area (Å²) in [5.41, 5.74) is 11.7. The van der Waals surface area contributed by atoms with Gasteiger partial charge < -0.3 is 45.3 Å². The second kappa shape index (κ2) is 26.2. The number of unbranched alkanes of at least 4 members (excludes halogenated alkanes) is 1. The molecule has 0 radical (unpaired) electrons. The number of anilines is 1. The van der Waals surface area contributed by atoms with Crippen LogP contribution in [0.1, 0.15) is 135 Å². The Morgan fingerprint density at radius 3 is 2.28 bits per heavy atom. The van der Waals surface area contributed by atoms with E-state index in [1.165, 1.54) is 10.5 Å². The molecule has 2 aromatic heterocycles. The van der Waals surface area contributed by atoms with Crippen molar-refractivity contribution in [3.05, 3.63) is 127 Å². The lowest BCUT2D eigenvalue weighted by Gasteiger charge is -2.37. The van der Waals surface area contributed by atoms with E-state index in [0.717, 1.165) is 87.6 Å². The minimum Gasteiger partial charge on any atom is -0.391 e. The Hall–Kier alpha value is -6.20. The number of hydrogen-bond donors (Lipinski definition) is 5. The average molecular weight is 1060 g/mol. The number of nitrogens with one attached hydrogen (secondary N) is 4. The molecule has 4 atom stereocenters. The summed E-state index contributed by atoms with van der Waals surface area (Å²) in [4.78, 5) is 80.1. The first kappa shape index (κ1) is 57.5. The smallest absolute Gasteiger partial charge is 0.253 e. The highest BCUT2D eigenvalue weighted by Gasteiger charge is 2.44. The normalized spacial score (nSPS) is 16.8. The number of hydrogen-bond acceptors (Lipinski definition) is 11. The Morgan fingerprint density at radius 1 is 0.921 bits per heavy atom. The van der Waals surface area contributed by atoms with Gasteiger partial charge in [0.15, 0.2) is 0 Å². The molecule has 1 unspecified atom stereocenters. The number of carbonyl (C=O) groups excluding carboxylic acids is 4. The molecule has 4 heterocycles. The molecular weight excluding hydrogens is 979 g/mol. The molecule has 5 aromatic rings. The van der Waals surface area contributed by atoms with Crippen LogP contribution in [0.4, 0.5) is 5.69 Å². The minimum atomic E-state index is -0.897. The van der Waals surface area contributed by atoms with Gasteiger partial charge in [-0.2, -0.15) is 0 Å². The number of thiazole rings is 1. The molecular formula is C60H79N7O8S. The number of pyridine rings is 1. The molecule has 0 aliphatic carbocycles. The van der Waals surface area contributed by atoms with Crippen LogP contribution < -0.4 is 26.4 Å². The van der Waals surface area contributed by atoms with Crippen molar-refractivity contribution in [2.45, 2.75) is 150 Å². The van der Waals surface area contributed by atoms with Crippen LogP contribution in [0.15, 0.2) is 77.0 Å². The molecule has 408 valence electrons. The summed E-state index contributed by atoms with van der Waals surface area (Å²) in [6, 6.07) is 20.7. The summed E-state index contributed by atoms with van der Waals surface area (Å²) in [5.74, 6) is -1.22. The largest absolute Gasteiger partial charge is 0.391 e. The van der Waals surface area contributed by atoms with E-state index in [0.29, 0.717) is 56.4 Å². The molecule has 16 heteroatoms. The third-order valence-electron chi connectivity index (χ3n) is 14.9. The fraction of sp³-hybridized carbons (Fsp3) is 0.500. The SMILES string of the molecule is CCN(c1cc(-c2ccc(CCCOCCCCC(=O)NC(C(=O)N3C[C@H](O)C[C@H]3C(=O)N[C@@H](C)c3ccc(-c4scnc4C)cc3)C(C)(C)C)cc2)cc(C(=O)NCc2c(C)cc(C)[nH]c2=O)c1C)C1CCOCC1. The Labute approximate surface area is 452 Å². The van der Waals surface area contributed by atoms with Gasteiger partial charge in [0.25, 0.3) is 11.5 Å². The van der Waals surface area contributed by atoms with Crippen molar-refractivity contribution in [2.24, 2.45) is 5.41 Å². The summed E-state index contributed by atoms with van der Waals surface area (Å²) in [5, 5.41) is 19.8. The summed E-state index contributed by atoms with van der Waals surface area (Å²) in [6.45, 7) is 20.8. The number of aliphatic hydroxyl groups excluding tert-OH is 1. The van der Waals surface area contributed by atoms with Gasteiger partial charge in [-0.25, -0.2) is 4.98 Å². The molecule has 2 saturated heterocycles. The predicted molar refractivity (Wildman–Crippen MR) is 301 cm³/mol. The number of ether oxygens (including phenoxy) is 2. The van der Waals surface area contributed by atoms with Crippen LogP contribution >= 0.6 is 11.3 Å². The number of amides is 4. The monoisotopic (exact) mass is 1060 g/mol. The molecule has 0 spiro atoms. The highest BCUT2D eigenvalue weighted by molar-refractivity contribution is 7.13. The van der Waals surface area contributed by atoms with E-state index in [-0.39, 0.29) is 61.2 Å². The number of nitrogens with zero attached hydrogens (tertiary/aromatic N) is 3. The minimum absolute atomic E-state index is 0.00693. The van der Waals surface area contributed by atoms with Crippen molar-refractivity contribution in [1.82, 2.24) is 30.8 Å². The third-order valence-corrected chi connectivity index (χ3v) is 15.8. The fourth-order valence-corrected chi connectivity index (χ4v) is 11.3. The number of aromatic amines is 1. The lowest BCUT2D eigenvalue weighted by atomic mass is 9.85. The van der Waals surface area contributed by atoms with Crippen LogP contribution in [0.5, 0.6) is 0 Å². The number of aryl methyl sites for hydroxylation is 4. The highest BCUT2D eigenvalue weighted by atomic mass is 32.1. The van der Waals surface area contributed by atoms with Crippen LogP contribution in [-0.4, -0.2) is 107 Å². The van der Waals surface area contributed by atoms with Gasteiger partial charge in [0, 0.05) is 87.5 Å². The van der Waals surface area contributed by atoms with Crippen molar-refractivity contribution in [1.29, 1.82) is 0 Å². The lowest BCUT2D eigenvalue weighted by molar-refractivity contribution is -0.144. The molecule has 0 saturated carbocycles. The van der Waals surface area contributed by atoms with Crippen LogP contribution in [0.3, 0.4) is 0 Å². The summed E-state index contributed by atoms with van der Waals surface area (Å²) in [6.07, 6.45) is 4.19. The molecule has 4 amide bonds. The summed E-state index contributed by atoms with van der Waals surface area (Å²) >= 11 is 1.58. The molecule has 2 fully saturated rings. The molecule has 3 aromatic carbocycles. The maximum absolute atomic E-state index is 14.2. The van der Waals surface area contributed by atoms with Crippen molar-refractivity contribution < 1.29 is 33.8 Å². The number of benzene rings is 3. The van der Waals surface area contributed by atoms with E-state index < -0.39 is 23.6 Å². The first-order chi connectivity index (χ1) is 36.3. The Bertz CT molecular complexity index is 2850. The molecule has 0 bridgehead atoms. The average Bonchev–Trinajstić information content (AvgIpc) is 4.02. The van der Waals surface area contributed by atoms with E-state index in [9.17, 15) is 29.1 Å². The first-order valence-corrected chi connectivity index (χ1v) is 27.9. The van der Waals surface area contributed by atoms with Gasteiger partial charge in [-0.05, 0) is 143 Å². The van der Waals surface area contributed by atoms with Crippen molar-refractivity contribution >= 4 is 40.7 Å². The summed E-state index contributed by atoms with van der Waals surface area (Å²) in [7, 11) is 0. The van der Waals surface area contributed by atoms with Gasteiger partial charge in [-0.3, -0.25) is 24.0 Å². The van der Waals surface area contributed by atoms with Crippen LogP contribution in [-0.2, 0) is 36.8 Å². The highest BCUT2D eigenvalue weighted by Crippen LogP contribution is 2.35. The molecule has 76 heavy (non-hydrogen) atoms. The van der Waals surface area contributed by atoms with Gasteiger partial charge in [0.2, 0.25) is 17.7 Å². The second-order valence-corrected chi connectivity index (χ2v) is 22.5. The zero-order chi connectivity index (χ0) is 54.7. The lowest BCUT2D eigenvalue weighted by Crippen LogP contribution is -2.57. The van der Waals surface area contributed by atoms with E-state index >= 15 is 0 Å². The van der Waals surface area contributed by atoms with Crippen LogP contribution in [0.25, 0.3) is 21.6 Å². The van der Waals surface area contributed by atoms with E-state index in [1.807, 2.05) is 97.3 Å². The molecule has 2 aliphatic rings. The van der Waals surface area contributed by atoms with Gasteiger partial charge in [-0.1, -0.05) is 69.3 Å². The van der Waals surface area contributed by atoms with Crippen LogP contribution in [0, 0.1) is 33.1 Å². The third kappa shape index (κ3) is 14.6. The number of H-pyrrole nitrogens is 1. The number of aromatic nitrogens is 2. The zero-order valence-electron chi connectivity index (χ0n) is 46.0. The number of carbonyl (C=O) groups is 4. The zero-order valence-corrected chi connectivity index (χ0v) is 46.8. The van der Waals surface area contributed by atoms with E-state index in [1.54, 1.807) is 11.3 Å². The second-order valence-electron chi connectivity index (χ2n) is 21.7. The fourth-order valence-electron chi connectivity index (χ4n) is 10.5. The number of aliphatic hydroxyl groups is 1. The van der Waals surface area contributed by atoms with Crippen molar-refractivity contribution in [3.8, 4) is 21.6 Å². The predicted octanol–water partition coefficient (Wildman–Crippen LogP) is 8.82. The Morgan fingerprint density at radius 2 is 1.62 bits per heavy atom. The number of likely N-dealkylation sites (tertiary alicyclic amines) is 1. The Kier molecular flexibility index (Phi) is 19.8. The van der Waals surface area contributed by atoms with Gasteiger partial charge >= 0.3 is 0 Å². The standard InChI is InChI=1S/C60H79N7O8S/c1-10-66(47-24-28-75-29-25-47)51-32-46(31-49(39(51)4)56(70)61-34-50-37(2)30-38(3)63-57(50)71)44-18-16-42(17-19-44)14-13-27-74-26-12-11-15-53(69)65-55(60(7,8)9)59(73)67-35-48(68)33-52(67)58(72)64-40(5)43-20-22-45(23-21-43)54-41(6)62-36-76-54/h16-23,30-32,36,40,47-48,52,55,68H,10-15,24-29,33-35H2,1-9H3,(H,61,70)(H,63,71)(H,64,72)(H,65,69)/t40-,48+,52-,55?/m0/s1. The Balaban J connectivity index is 0.874. The first-order valence-electron chi connectivity index (χ1n) is 27.0.